The zero-order valence-electron chi connectivity index (χ0n) is 8.43. The van der Waals surface area contributed by atoms with Gasteiger partial charge in [0.2, 0.25) is 0 Å². The minimum Gasteiger partial charge on any atom is -0.481 e. The van der Waals surface area contributed by atoms with E-state index in [-0.39, 0.29) is 0 Å². The zero-order chi connectivity index (χ0) is 14.1. The van der Waals surface area contributed by atoms with Crippen molar-refractivity contribution in [2.75, 3.05) is 0 Å². The summed E-state index contributed by atoms with van der Waals surface area (Å²) >= 11 is 2.44. The SMILES string of the molecule is O=C(O)Cc1cc(C(F)(F)F)c(Br)nc1C(F)F. The summed E-state index contributed by atoms with van der Waals surface area (Å²) in [5.74, 6) is -1.52. The van der Waals surface area contributed by atoms with Crippen molar-refractivity contribution in [1.29, 1.82) is 0 Å². The summed E-state index contributed by atoms with van der Waals surface area (Å²) in [6.07, 6.45) is -8.92. The maximum absolute atomic E-state index is 12.5. The van der Waals surface area contributed by atoms with Crippen molar-refractivity contribution in [3.8, 4) is 0 Å². The second-order valence-electron chi connectivity index (χ2n) is 3.24. The van der Waals surface area contributed by atoms with E-state index in [1.807, 2.05) is 0 Å². The van der Waals surface area contributed by atoms with Gasteiger partial charge in [0.25, 0.3) is 6.43 Å². The van der Waals surface area contributed by atoms with Gasteiger partial charge in [-0.2, -0.15) is 13.2 Å². The first kappa shape index (κ1) is 14.8. The van der Waals surface area contributed by atoms with Gasteiger partial charge in [-0.3, -0.25) is 4.79 Å². The van der Waals surface area contributed by atoms with Gasteiger partial charge >= 0.3 is 12.1 Å². The van der Waals surface area contributed by atoms with E-state index in [0.717, 1.165) is 0 Å². The third-order valence-electron chi connectivity index (χ3n) is 1.94. The molecule has 0 amide bonds. The molecule has 100 valence electrons. The van der Waals surface area contributed by atoms with Crippen LogP contribution in [0.5, 0.6) is 0 Å². The molecule has 0 radical (unpaired) electrons. The van der Waals surface area contributed by atoms with Gasteiger partial charge in [-0.1, -0.05) is 0 Å². The topological polar surface area (TPSA) is 50.2 Å². The van der Waals surface area contributed by atoms with E-state index in [2.05, 4.69) is 20.9 Å². The molecule has 1 aromatic heterocycles. The van der Waals surface area contributed by atoms with E-state index in [1.54, 1.807) is 0 Å². The van der Waals surface area contributed by atoms with Gasteiger partial charge in [-0.05, 0) is 27.6 Å². The Kier molecular flexibility index (Phi) is 4.25. The fourth-order valence-electron chi connectivity index (χ4n) is 1.24. The van der Waals surface area contributed by atoms with Crippen molar-refractivity contribution < 1.29 is 31.9 Å². The van der Waals surface area contributed by atoms with Gasteiger partial charge in [-0.25, -0.2) is 13.8 Å². The number of alkyl halides is 5. The Balaban J connectivity index is 3.40. The smallest absolute Gasteiger partial charge is 0.419 e. The fraction of sp³-hybridized carbons (Fsp3) is 0.333. The Labute approximate surface area is 106 Å². The van der Waals surface area contributed by atoms with Crippen molar-refractivity contribution in [2.24, 2.45) is 0 Å². The van der Waals surface area contributed by atoms with Gasteiger partial charge in [0.05, 0.1) is 12.0 Å². The summed E-state index contributed by atoms with van der Waals surface area (Å²) in [4.78, 5) is 13.5. The van der Waals surface area contributed by atoms with E-state index in [1.165, 1.54) is 0 Å². The average Bonchev–Trinajstić information content (AvgIpc) is 2.17. The highest BCUT2D eigenvalue weighted by molar-refractivity contribution is 9.10. The number of rotatable bonds is 3. The van der Waals surface area contributed by atoms with Gasteiger partial charge in [-0.15, -0.1) is 0 Å². The van der Waals surface area contributed by atoms with Gasteiger partial charge in [0.15, 0.2) is 0 Å². The van der Waals surface area contributed by atoms with Crippen molar-refractivity contribution in [3.63, 3.8) is 0 Å². The monoisotopic (exact) mass is 333 g/mol. The van der Waals surface area contributed by atoms with Crippen LogP contribution in [0.4, 0.5) is 22.0 Å². The van der Waals surface area contributed by atoms with Crippen LogP contribution in [-0.2, 0) is 17.4 Å². The Morgan fingerprint density at radius 3 is 2.39 bits per heavy atom. The molecule has 0 aliphatic rings. The van der Waals surface area contributed by atoms with Crippen LogP contribution in [0.2, 0.25) is 0 Å². The maximum Gasteiger partial charge on any atom is 0.419 e. The minimum absolute atomic E-state index is 0.368. The molecule has 0 spiro atoms. The lowest BCUT2D eigenvalue weighted by molar-refractivity contribution is -0.139. The largest absolute Gasteiger partial charge is 0.481 e. The van der Waals surface area contributed by atoms with Crippen molar-refractivity contribution in [1.82, 2.24) is 4.98 Å². The molecular formula is C9H5BrF5NO2. The summed E-state index contributed by atoms with van der Waals surface area (Å²) < 4.78 is 61.7. The number of hydrogen-bond acceptors (Lipinski definition) is 2. The van der Waals surface area contributed by atoms with E-state index < -0.39 is 46.4 Å². The zero-order valence-corrected chi connectivity index (χ0v) is 10.0. The average molecular weight is 334 g/mol. The van der Waals surface area contributed by atoms with Crippen LogP contribution in [-0.4, -0.2) is 16.1 Å². The molecule has 0 aromatic carbocycles. The number of halogens is 6. The molecule has 0 atom stereocenters. The fourth-order valence-corrected chi connectivity index (χ4v) is 1.77. The van der Waals surface area contributed by atoms with Crippen LogP contribution < -0.4 is 0 Å². The van der Waals surface area contributed by atoms with Crippen LogP contribution in [0.1, 0.15) is 23.2 Å². The first-order valence-electron chi connectivity index (χ1n) is 4.39. The number of aliphatic carboxylic acids is 1. The highest BCUT2D eigenvalue weighted by atomic mass is 79.9. The summed E-state index contributed by atoms with van der Waals surface area (Å²) in [6.45, 7) is 0. The predicted octanol–water partition coefficient (Wildman–Crippen LogP) is 3.43. The van der Waals surface area contributed by atoms with E-state index in [4.69, 9.17) is 5.11 Å². The van der Waals surface area contributed by atoms with Gasteiger partial charge < -0.3 is 5.11 Å². The van der Waals surface area contributed by atoms with Crippen LogP contribution >= 0.6 is 15.9 Å². The predicted molar refractivity (Wildman–Crippen MR) is 53.2 cm³/mol. The molecule has 0 saturated heterocycles. The highest BCUT2D eigenvalue weighted by Crippen LogP contribution is 2.36. The van der Waals surface area contributed by atoms with E-state index >= 15 is 0 Å². The minimum atomic E-state index is -4.81. The Hall–Kier alpha value is -1.25. The van der Waals surface area contributed by atoms with Gasteiger partial charge in [0, 0.05) is 0 Å². The number of carbonyl (C=O) groups is 1. The Morgan fingerprint density at radius 1 is 1.44 bits per heavy atom. The van der Waals surface area contributed by atoms with Gasteiger partial charge in [0.1, 0.15) is 10.3 Å². The van der Waals surface area contributed by atoms with Crippen LogP contribution in [0.25, 0.3) is 0 Å². The Bertz CT molecular complexity index is 475. The molecule has 0 aliphatic heterocycles. The highest BCUT2D eigenvalue weighted by Gasteiger charge is 2.35. The standard InChI is InChI=1S/C9H5BrF5NO2/c10-7-4(9(13,14)15)1-3(2-5(17)18)6(16-7)8(11)12/h1,8H,2H2,(H,17,18). The second kappa shape index (κ2) is 5.17. The Morgan fingerprint density at radius 2 is 2.00 bits per heavy atom. The molecule has 1 aromatic rings. The van der Waals surface area contributed by atoms with Crippen molar-refractivity contribution >= 4 is 21.9 Å². The molecule has 9 heteroatoms. The molecule has 0 saturated carbocycles. The third kappa shape index (κ3) is 3.37. The number of carboxylic acid groups (broad SMARTS) is 1. The molecule has 0 unspecified atom stereocenters. The third-order valence-corrected chi connectivity index (χ3v) is 2.55. The summed E-state index contributed by atoms with van der Waals surface area (Å²) in [6, 6.07) is 0.368. The number of aromatic nitrogens is 1. The molecule has 0 aliphatic carbocycles. The second-order valence-corrected chi connectivity index (χ2v) is 3.99. The van der Waals surface area contributed by atoms with E-state index in [9.17, 15) is 26.7 Å². The lowest BCUT2D eigenvalue weighted by Gasteiger charge is -2.13. The quantitative estimate of drug-likeness (QED) is 0.681. The van der Waals surface area contributed by atoms with E-state index in [0.29, 0.717) is 6.07 Å². The van der Waals surface area contributed by atoms with Crippen LogP contribution in [0, 0.1) is 0 Å². The van der Waals surface area contributed by atoms with Crippen LogP contribution in [0.15, 0.2) is 10.7 Å². The first-order valence-corrected chi connectivity index (χ1v) is 5.18. The lowest BCUT2D eigenvalue weighted by Crippen LogP contribution is -2.13. The molecular weight excluding hydrogens is 329 g/mol. The lowest BCUT2D eigenvalue weighted by atomic mass is 10.1. The number of nitrogens with zero attached hydrogens (tertiary/aromatic N) is 1. The van der Waals surface area contributed by atoms with Crippen LogP contribution in [0.3, 0.4) is 0 Å². The molecule has 3 nitrogen and oxygen atoms in total. The number of carboxylic acids is 1. The molecule has 18 heavy (non-hydrogen) atoms. The van der Waals surface area contributed by atoms with Crippen molar-refractivity contribution in [2.45, 2.75) is 19.0 Å². The van der Waals surface area contributed by atoms with Crippen molar-refractivity contribution in [3.05, 3.63) is 27.5 Å². The number of hydrogen-bond donors (Lipinski definition) is 1. The molecule has 1 N–H and O–H groups in total. The number of pyridine rings is 1. The first-order chi connectivity index (χ1) is 8.12. The summed E-state index contributed by atoms with van der Waals surface area (Å²) in [5, 5.41) is 8.47. The summed E-state index contributed by atoms with van der Waals surface area (Å²) in [5.41, 5.74) is -2.92. The normalized spacial score (nSPS) is 11.9. The molecule has 0 bridgehead atoms. The molecule has 0 fully saturated rings. The molecule has 1 rings (SSSR count). The maximum atomic E-state index is 12.5. The molecule has 1 heterocycles. The summed E-state index contributed by atoms with van der Waals surface area (Å²) in [7, 11) is 0.